The lowest BCUT2D eigenvalue weighted by Gasteiger charge is -2.22. The van der Waals surface area contributed by atoms with E-state index >= 15 is 0 Å². The maximum Gasteiger partial charge on any atom is 0.241 e. The van der Waals surface area contributed by atoms with Crippen molar-refractivity contribution in [2.75, 3.05) is 12.4 Å². The third kappa shape index (κ3) is 4.53. The molecule has 1 amide bonds. The second-order valence-electron chi connectivity index (χ2n) is 5.73. The van der Waals surface area contributed by atoms with Gasteiger partial charge in [0.15, 0.2) is 5.78 Å². The molecule has 5 nitrogen and oxygen atoms in total. The summed E-state index contributed by atoms with van der Waals surface area (Å²) in [5.41, 5.74) is 1.30. The fourth-order valence-corrected chi connectivity index (χ4v) is 2.19. The van der Waals surface area contributed by atoms with E-state index in [-0.39, 0.29) is 17.7 Å². The lowest BCUT2D eigenvalue weighted by molar-refractivity contribution is -0.120. The van der Waals surface area contributed by atoms with Gasteiger partial charge in [0.05, 0.1) is 12.6 Å². The van der Waals surface area contributed by atoms with Crippen molar-refractivity contribution in [3.63, 3.8) is 0 Å². The first-order chi connectivity index (χ1) is 10.9. The molecule has 1 aromatic carbocycles. The van der Waals surface area contributed by atoms with Crippen molar-refractivity contribution in [1.29, 1.82) is 0 Å². The Labute approximate surface area is 136 Å². The number of amides is 1. The summed E-state index contributed by atoms with van der Waals surface area (Å²) >= 11 is 0. The lowest BCUT2D eigenvalue weighted by atomic mass is 10.1. The number of benzene rings is 1. The molecule has 0 radical (unpaired) electrons. The molecular formula is C18H22N2O3. The fraction of sp³-hybridized carbons (Fsp3) is 0.333. The molecule has 23 heavy (non-hydrogen) atoms. The highest BCUT2D eigenvalue weighted by Gasteiger charge is 2.19. The van der Waals surface area contributed by atoms with Gasteiger partial charge in [-0.05, 0) is 64.2 Å². The van der Waals surface area contributed by atoms with Crippen LogP contribution in [0, 0.1) is 6.92 Å². The van der Waals surface area contributed by atoms with Crippen LogP contribution in [0.1, 0.15) is 35.7 Å². The highest BCUT2D eigenvalue weighted by atomic mass is 16.3. The predicted molar refractivity (Wildman–Crippen MR) is 89.5 cm³/mol. The molecule has 0 aliphatic carbocycles. The van der Waals surface area contributed by atoms with Gasteiger partial charge in [-0.15, -0.1) is 0 Å². The maximum absolute atomic E-state index is 12.3. The molecule has 0 aliphatic rings. The van der Waals surface area contributed by atoms with Gasteiger partial charge in [0.1, 0.15) is 11.5 Å². The van der Waals surface area contributed by atoms with E-state index in [1.54, 1.807) is 24.3 Å². The Balaban J connectivity index is 1.94. The summed E-state index contributed by atoms with van der Waals surface area (Å²) in [5.74, 6) is 1.59. The summed E-state index contributed by atoms with van der Waals surface area (Å²) in [5, 5.41) is 2.86. The van der Waals surface area contributed by atoms with Gasteiger partial charge in [-0.3, -0.25) is 14.5 Å². The van der Waals surface area contributed by atoms with Crippen molar-refractivity contribution in [2.45, 2.75) is 33.4 Å². The minimum atomic E-state index is -0.312. The van der Waals surface area contributed by atoms with Crippen LogP contribution >= 0.6 is 0 Å². The third-order valence-corrected chi connectivity index (χ3v) is 3.80. The number of nitrogens with one attached hydrogen (secondary N) is 1. The van der Waals surface area contributed by atoms with Gasteiger partial charge in [0, 0.05) is 11.3 Å². The van der Waals surface area contributed by atoms with Crippen molar-refractivity contribution < 1.29 is 14.0 Å². The number of rotatable bonds is 6. The second-order valence-corrected chi connectivity index (χ2v) is 5.73. The van der Waals surface area contributed by atoms with Crippen LogP contribution in [0.4, 0.5) is 5.69 Å². The molecule has 0 spiro atoms. The Bertz CT molecular complexity index is 689. The lowest BCUT2D eigenvalue weighted by Crippen LogP contribution is -2.39. The molecule has 5 heteroatoms. The average molecular weight is 314 g/mol. The Morgan fingerprint density at radius 2 is 1.83 bits per heavy atom. The number of carbonyl (C=O) groups excluding carboxylic acids is 2. The second kappa shape index (κ2) is 7.24. The van der Waals surface area contributed by atoms with E-state index in [4.69, 9.17) is 4.42 Å². The molecule has 122 valence electrons. The first kappa shape index (κ1) is 17.0. The van der Waals surface area contributed by atoms with Crippen molar-refractivity contribution in [3.8, 4) is 0 Å². The van der Waals surface area contributed by atoms with Crippen LogP contribution in [0.25, 0.3) is 0 Å². The smallest absolute Gasteiger partial charge is 0.241 e. The number of likely N-dealkylation sites (N-methyl/N-ethyl adjacent to an activating group) is 1. The number of hydrogen-bond acceptors (Lipinski definition) is 4. The number of hydrogen-bond donors (Lipinski definition) is 1. The largest absolute Gasteiger partial charge is 0.465 e. The summed E-state index contributed by atoms with van der Waals surface area (Å²) in [6.07, 6.45) is 0. The molecular weight excluding hydrogens is 292 g/mol. The minimum absolute atomic E-state index is 0.00437. The first-order valence-corrected chi connectivity index (χ1v) is 7.54. The Kier molecular flexibility index (Phi) is 5.34. The van der Waals surface area contributed by atoms with Gasteiger partial charge in [-0.1, -0.05) is 0 Å². The van der Waals surface area contributed by atoms with Gasteiger partial charge >= 0.3 is 0 Å². The number of ketones is 1. The molecule has 0 aliphatic heterocycles. The van der Waals surface area contributed by atoms with E-state index in [2.05, 4.69) is 5.32 Å². The third-order valence-electron chi connectivity index (χ3n) is 3.80. The van der Waals surface area contributed by atoms with Crippen LogP contribution in [0.3, 0.4) is 0 Å². The van der Waals surface area contributed by atoms with Gasteiger partial charge in [0.25, 0.3) is 0 Å². The van der Waals surface area contributed by atoms with Gasteiger partial charge < -0.3 is 9.73 Å². The van der Waals surface area contributed by atoms with E-state index in [9.17, 15) is 9.59 Å². The van der Waals surface area contributed by atoms with E-state index in [0.29, 0.717) is 17.8 Å². The normalized spacial score (nSPS) is 12.2. The van der Waals surface area contributed by atoms with Gasteiger partial charge in [-0.2, -0.15) is 0 Å². The zero-order valence-corrected chi connectivity index (χ0v) is 13.9. The Morgan fingerprint density at radius 3 is 2.35 bits per heavy atom. The standard InChI is InChI=1S/C18H22N2O3/c1-12-5-10-17(23-12)11-20(4)13(2)18(22)19-16-8-6-15(7-9-16)14(3)21/h5-10,13H,11H2,1-4H3,(H,19,22)/t13-/m0/s1. The first-order valence-electron chi connectivity index (χ1n) is 7.54. The summed E-state index contributed by atoms with van der Waals surface area (Å²) in [7, 11) is 1.88. The molecule has 1 aromatic heterocycles. The summed E-state index contributed by atoms with van der Waals surface area (Å²) < 4.78 is 5.53. The number of anilines is 1. The summed E-state index contributed by atoms with van der Waals surface area (Å²) in [4.78, 5) is 25.5. The predicted octanol–water partition coefficient (Wildman–Crippen LogP) is 3.25. The summed E-state index contributed by atoms with van der Waals surface area (Å²) in [6, 6.07) is 10.4. The average Bonchev–Trinajstić information content (AvgIpc) is 2.92. The van der Waals surface area contributed by atoms with Gasteiger partial charge in [-0.25, -0.2) is 0 Å². The Morgan fingerprint density at radius 1 is 1.17 bits per heavy atom. The number of Topliss-reactive ketones (excluding diaryl/α,β-unsaturated/α-hetero) is 1. The molecule has 1 atom stereocenters. The maximum atomic E-state index is 12.3. The number of carbonyl (C=O) groups is 2. The van der Waals surface area contributed by atoms with Gasteiger partial charge in [0.2, 0.25) is 5.91 Å². The number of aryl methyl sites for hydroxylation is 1. The molecule has 1 N–H and O–H groups in total. The van der Waals surface area contributed by atoms with Crippen LogP contribution in [0.5, 0.6) is 0 Å². The Hall–Kier alpha value is -2.40. The molecule has 0 fully saturated rings. The highest BCUT2D eigenvalue weighted by molar-refractivity contribution is 5.96. The zero-order valence-electron chi connectivity index (χ0n) is 13.9. The van der Waals surface area contributed by atoms with Crippen LogP contribution in [-0.4, -0.2) is 29.7 Å². The molecule has 2 aromatic rings. The van der Waals surface area contributed by atoms with E-state index in [1.165, 1.54) is 6.92 Å². The molecule has 2 rings (SSSR count). The molecule has 0 saturated heterocycles. The number of furan rings is 1. The van der Waals surface area contributed by atoms with Crippen molar-refractivity contribution in [1.82, 2.24) is 4.90 Å². The van der Waals surface area contributed by atoms with Crippen LogP contribution < -0.4 is 5.32 Å². The van der Waals surface area contributed by atoms with E-state index < -0.39 is 0 Å². The summed E-state index contributed by atoms with van der Waals surface area (Å²) in [6.45, 7) is 5.81. The topological polar surface area (TPSA) is 62.6 Å². The quantitative estimate of drug-likeness (QED) is 0.831. The molecule has 0 bridgehead atoms. The number of nitrogens with zero attached hydrogens (tertiary/aromatic N) is 1. The van der Waals surface area contributed by atoms with E-state index in [1.807, 2.05) is 37.9 Å². The van der Waals surface area contributed by atoms with Crippen molar-refractivity contribution >= 4 is 17.4 Å². The molecule has 1 heterocycles. The zero-order chi connectivity index (χ0) is 17.0. The van der Waals surface area contributed by atoms with Crippen LogP contribution in [-0.2, 0) is 11.3 Å². The SMILES string of the molecule is CC(=O)c1ccc(NC(=O)[C@H](C)N(C)Cc2ccc(C)o2)cc1. The minimum Gasteiger partial charge on any atom is -0.465 e. The van der Waals surface area contributed by atoms with Crippen molar-refractivity contribution in [3.05, 3.63) is 53.5 Å². The monoisotopic (exact) mass is 314 g/mol. The molecule has 0 saturated carbocycles. The van der Waals surface area contributed by atoms with Crippen molar-refractivity contribution in [2.24, 2.45) is 0 Å². The molecule has 0 unspecified atom stereocenters. The van der Waals surface area contributed by atoms with Crippen LogP contribution in [0.2, 0.25) is 0 Å². The highest BCUT2D eigenvalue weighted by Crippen LogP contribution is 2.13. The van der Waals surface area contributed by atoms with Crippen LogP contribution in [0.15, 0.2) is 40.8 Å². The van der Waals surface area contributed by atoms with E-state index in [0.717, 1.165) is 11.5 Å². The fourth-order valence-electron chi connectivity index (χ4n) is 2.19.